The predicted molar refractivity (Wildman–Crippen MR) is 106 cm³/mol. The zero-order chi connectivity index (χ0) is 19.4. The second-order valence-electron chi connectivity index (χ2n) is 6.41. The molecule has 3 rings (SSSR count). The van der Waals surface area contributed by atoms with Crippen molar-refractivity contribution in [1.82, 2.24) is 9.88 Å². The number of amides is 1. The Labute approximate surface area is 161 Å². The van der Waals surface area contributed by atoms with Crippen LogP contribution in [-0.4, -0.2) is 33.3 Å². The summed E-state index contributed by atoms with van der Waals surface area (Å²) in [6.45, 7) is 2.31. The summed E-state index contributed by atoms with van der Waals surface area (Å²) in [7, 11) is 0.765. The number of rotatable bonds is 6. The number of oxazole rings is 1. The first-order valence-electron chi connectivity index (χ1n) is 8.62. The van der Waals surface area contributed by atoms with E-state index in [2.05, 4.69) is 4.98 Å². The molecule has 0 N–H and O–H groups in total. The van der Waals surface area contributed by atoms with Crippen LogP contribution in [0.4, 0.5) is 0 Å². The third-order valence-corrected chi connectivity index (χ3v) is 5.27. The van der Waals surface area contributed by atoms with Gasteiger partial charge in [0.15, 0.2) is 0 Å². The molecule has 0 spiro atoms. The molecule has 0 saturated heterocycles. The van der Waals surface area contributed by atoms with Gasteiger partial charge in [0.2, 0.25) is 11.8 Å². The van der Waals surface area contributed by atoms with E-state index in [0.717, 1.165) is 16.0 Å². The molecule has 0 aliphatic carbocycles. The van der Waals surface area contributed by atoms with Gasteiger partial charge in [-0.3, -0.25) is 9.00 Å². The van der Waals surface area contributed by atoms with Crippen LogP contribution < -0.4 is 0 Å². The maximum absolute atomic E-state index is 12.6. The van der Waals surface area contributed by atoms with Crippen molar-refractivity contribution < 1.29 is 13.4 Å². The smallest absolute Gasteiger partial charge is 0.228 e. The van der Waals surface area contributed by atoms with Crippen LogP contribution in [0.1, 0.15) is 17.0 Å². The molecular weight excluding hydrogens is 360 g/mol. The molecule has 1 amide bonds. The number of hydrogen-bond donors (Lipinski definition) is 0. The maximum atomic E-state index is 12.6. The number of carbonyl (C=O) groups is 1. The Hall–Kier alpha value is -2.73. The lowest BCUT2D eigenvalue weighted by Gasteiger charge is -2.17. The average Bonchev–Trinajstić information content (AvgIpc) is 3.03. The zero-order valence-corrected chi connectivity index (χ0v) is 16.5. The molecule has 0 aliphatic rings. The van der Waals surface area contributed by atoms with Crippen molar-refractivity contribution >= 4 is 16.7 Å². The molecule has 27 heavy (non-hydrogen) atoms. The standard InChI is InChI=1S/C21H22N2O3S/c1-15-19(22-21(26-15)17-7-5-4-6-8-17)13-20(24)23(2)14-16-9-11-18(12-10-16)27(3)25/h4-12H,13-14H2,1-3H3/t27-/m0/s1. The SMILES string of the molecule is Cc1oc(-c2ccccc2)nc1CC(=O)N(C)Cc1ccc([S@](C)=O)cc1. The summed E-state index contributed by atoms with van der Waals surface area (Å²) in [5, 5.41) is 0. The maximum Gasteiger partial charge on any atom is 0.228 e. The molecule has 1 aromatic heterocycles. The number of nitrogens with zero attached hydrogens (tertiary/aromatic N) is 2. The summed E-state index contributed by atoms with van der Waals surface area (Å²) in [4.78, 5) is 19.5. The first-order valence-corrected chi connectivity index (χ1v) is 10.2. The highest BCUT2D eigenvalue weighted by Gasteiger charge is 2.17. The fourth-order valence-corrected chi connectivity index (χ4v) is 3.24. The molecule has 0 saturated carbocycles. The average molecular weight is 382 g/mol. The molecule has 1 heterocycles. The van der Waals surface area contributed by atoms with Crippen LogP contribution in [0.25, 0.3) is 11.5 Å². The minimum Gasteiger partial charge on any atom is -0.441 e. The molecule has 3 aromatic rings. The van der Waals surface area contributed by atoms with Crippen molar-refractivity contribution in [2.75, 3.05) is 13.3 Å². The summed E-state index contributed by atoms with van der Waals surface area (Å²) < 4.78 is 17.2. The van der Waals surface area contributed by atoms with Crippen LogP contribution in [0.15, 0.2) is 63.9 Å². The molecule has 140 valence electrons. The van der Waals surface area contributed by atoms with Crippen LogP contribution in [0.5, 0.6) is 0 Å². The van der Waals surface area contributed by atoms with E-state index in [1.165, 1.54) is 0 Å². The Morgan fingerprint density at radius 1 is 1.11 bits per heavy atom. The van der Waals surface area contributed by atoms with Gasteiger partial charge in [0, 0.05) is 41.1 Å². The van der Waals surface area contributed by atoms with E-state index in [1.54, 1.807) is 18.2 Å². The molecule has 5 nitrogen and oxygen atoms in total. The fraction of sp³-hybridized carbons (Fsp3) is 0.238. The largest absolute Gasteiger partial charge is 0.441 e. The van der Waals surface area contributed by atoms with Crippen LogP contribution in [-0.2, 0) is 28.6 Å². The number of carbonyl (C=O) groups excluding carboxylic acids is 1. The summed E-state index contributed by atoms with van der Waals surface area (Å²) in [6, 6.07) is 17.1. The molecule has 0 unspecified atom stereocenters. The number of hydrogen-bond acceptors (Lipinski definition) is 4. The summed E-state index contributed by atoms with van der Waals surface area (Å²) >= 11 is 0. The van der Waals surface area contributed by atoms with E-state index >= 15 is 0 Å². The van der Waals surface area contributed by atoms with E-state index < -0.39 is 10.8 Å². The van der Waals surface area contributed by atoms with Gasteiger partial charge in [-0.25, -0.2) is 4.98 Å². The minimum atomic E-state index is -1.00. The first-order chi connectivity index (χ1) is 12.9. The van der Waals surface area contributed by atoms with E-state index in [1.807, 2.05) is 61.5 Å². The Morgan fingerprint density at radius 3 is 2.41 bits per heavy atom. The molecule has 0 bridgehead atoms. The monoisotopic (exact) mass is 382 g/mol. The van der Waals surface area contributed by atoms with Crippen molar-refractivity contribution in [2.45, 2.75) is 24.8 Å². The molecule has 0 radical (unpaired) electrons. The predicted octanol–water partition coefficient (Wildman–Crippen LogP) is 3.59. The van der Waals surface area contributed by atoms with E-state index in [-0.39, 0.29) is 12.3 Å². The second-order valence-corrected chi connectivity index (χ2v) is 7.79. The quantitative estimate of drug-likeness (QED) is 0.654. The lowest BCUT2D eigenvalue weighted by Crippen LogP contribution is -2.28. The van der Waals surface area contributed by atoms with Crippen LogP contribution in [0, 0.1) is 6.92 Å². The highest BCUT2D eigenvalue weighted by Crippen LogP contribution is 2.22. The van der Waals surface area contributed by atoms with E-state index in [0.29, 0.717) is 23.9 Å². The first kappa shape index (κ1) is 19.0. The van der Waals surface area contributed by atoms with Gasteiger partial charge < -0.3 is 9.32 Å². The Kier molecular flexibility index (Phi) is 5.86. The van der Waals surface area contributed by atoms with Crippen LogP contribution >= 0.6 is 0 Å². The lowest BCUT2D eigenvalue weighted by molar-refractivity contribution is -0.129. The summed E-state index contributed by atoms with van der Waals surface area (Å²) in [6.07, 6.45) is 1.84. The molecule has 0 fully saturated rings. The third kappa shape index (κ3) is 4.71. The Balaban J connectivity index is 1.66. The topological polar surface area (TPSA) is 63.4 Å². The normalized spacial score (nSPS) is 12.0. The van der Waals surface area contributed by atoms with Crippen molar-refractivity contribution in [2.24, 2.45) is 0 Å². The van der Waals surface area contributed by atoms with Crippen LogP contribution in [0.2, 0.25) is 0 Å². The zero-order valence-electron chi connectivity index (χ0n) is 15.6. The van der Waals surface area contributed by atoms with Crippen molar-refractivity contribution in [3.8, 4) is 11.5 Å². The Bertz CT molecular complexity index is 949. The van der Waals surface area contributed by atoms with Gasteiger partial charge in [0.25, 0.3) is 0 Å². The van der Waals surface area contributed by atoms with Gasteiger partial charge in [-0.05, 0) is 36.8 Å². The third-order valence-electron chi connectivity index (χ3n) is 4.33. The van der Waals surface area contributed by atoms with Crippen molar-refractivity contribution in [3.05, 3.63) is 71.6 Å². The van der Waals surface area contributed by atoms with E-state index in [9.17, 15) is 9.00 Å². The van der Waals surface area contributed by atoms with Gasteiger partial charge in [0.05, 0.1) is 12.1 Å². The summed E-state index contributed by atoms with van der Waals surface area (Å²) in [5.74, 6) is 1.15. The number of benzene rings is 2. The highest BCUT2D eigenvalue weighted by molar-refractivity contribution is 7.84. The van der Waals surface area contributed by atoms with Gasteiger partial charge >= 0.3 is 0 Å². The van der Waals surface area contributed by atoms with Gasteiger partial charge in [0.1, 0.15) is 5.76 Å². The minimum absolute atomic E-state index is 0.0332. The van der Waals surface area contributed by atoms with Crippen molar-refractivity contribution in [1.29, 1.82) is 0 Å². The van der Waals surface area contributed by atoms with E-state index in [4.69, 9.17) is 4.42 Å². The van der Waals surface area contributed by atoms with Gasteiger partial charge in [-0.1, -0.05) is 30.3 Å². The molecule has 1 atom stereocenters. The van der Waals surface area contributed by atoms with Gasteiger partial charge in [-0.15, -0.1) is 0 Å². The number of aromatic nitrogens is 1. The molecule has 6 heteroatoms. The highest BCUT2D eigenvalue weighted by atomic mass is 32.2. The molecule has 2 aromatic carbocycles. The molecule has 0 aliphatic heterocycles. The molecular formula is C21H22N2O3S. The van der Waals surface area contributed by atoms with Crippen LogP contribution in [0.3, 0.4) is 0 Å². The fourth-order valence-electron chi connectivity index (χ4n) is 2.72. The van der Waals surface area contributed by atoms with Crippen molar-refractivity contribution in [3.63, 3.8) is 0 Å². The Morgan fingerprint density at radius 2 is 1.78 bits per heavy atom. The second kappa shape index (κ2) is 8.31. The number of likely N-dealkylation sites (N-methyl/N-ethyl adjacent to an activating group) is 1. The summed E-state index contributed by atoms with van der Waals surface area (Å²) in [5.41, 5.74) is 2.53. The number of aryl methyl sites for hydroxylation is 1. The van der Waals surface area contributed by atoms with Gasteiger partial charge in [-0.2, -0.15) is 0 Å². The lowest BCUT2D eigenvalue weighted by atomic mass is 10.2.